The molecule has 0 aliphatic rings. The van der Waals surface area contributed by atoms with Crippen molar-refractivity contribution >= 4 is 22.9 Å². The Balaban J connectivity index is 2.59. The second kappa shape index (κ2) is 4.29. The largest absolute Gasteiger partial charge is 0.353 e. The summed E-state index contributed by atoms with van der Waals surface area (Å²) in [7, 11) is 0. The van der Waals surface area contributed by atoms with Gasteiger partial charge in [-0.3, -0.25) is 0 Å². The van der Waals surface area contributed by atoms with Crippen molar-refractivity contribution in [3.8, 4) is 0 Å². The molecule has 0 saturated heterocycles. The van der Waals surface area contributed by atoms with Gasteiger partial charge in [-0.2, -0.15) is 0 Å². The molecule has 0 spiro atoms. The summed E-state index contributed by atoms with van der Waals surface area (Å²) in [5, 5.41) is 3.96. The maximum atomic E-state index is 5.32. The lowest BCUT2D eigenvalue weighted by Gasteiger charge is -2.02. The highest BCUT2D eigenvalue weighted by atomic mass is 32.2. The molecule has 0 aromatic carbocycles. The molecule has 0 unspecified atom stereocenters. The number of hydrogen-bond acceptors (Lipinski definition) is 4. The van der Waals surface area contributed by atoms with Crippen LogP contribution in [0.3, 0.4) is 0 Å². The van der Waals surface area contributed by atoms with Gasteiger partial charge in [-0.25, -0.2) is 4.98 Å². The molecular weight excluding hydrogens is 220 g/mol. The van der Waals surface area contributed by atoms with E-state index in [0.717, 1.165) is 27.4 Å². The van der Waals surface area contributed by atoms with Gasteiger partial charge in [-0.05, 0) is 38.7 Å². The molecule has 0 bridgehead atoms. The number of pyridine rings is 1. The molecule has 2 rings (SSSR count). The first kappa shape index (κ1) is 11.2. The number of aryl methyl sites for hydroxylation is 2. The van der Waals surface area contributed by atoms with Gasteiger partial charge in [0.15, 0.2) is 5.58 Å². The molecule has 0 aliphatic carbocycles. The van der Waals surface area contributed by atoms with E-state index in [4.69, 9.17) is 4.52 Å². The van der Waals surface area contributed by atoms with Gasteiger partial charge < -0.3 is 4.52 Å². The average molecular weight is 234 g/mol. The van der Waals surface area contributed by atoms with Crippen molar-refractivity contribution in [2.24, 2.45) is 0 Å². The molecule has 16 heavy (non-hydrogen) atoms. The zero-order valence-corrected chi connectivity index (χ0v) is 10.7. The van der Waals surface area contributed by atoms with Crippen molar-refractivity contribution in [3.05, 3.63) is 28.4 Å². The van der Waals surface area contributed by atoms with Crippen molar-refractivity contribution in [1.82, 2.24) is 10.1 Å². The zero-order valence-electron chi connectivity index (χ0n) is 9.87. The van der Waals surface area contributed by atoms with Gasteiger partial charge in [0, 0.05) is 5.69 Å². The molecule has 0 N–H and O–H groups in total. The maximum Gasteiger partial charge on any atom is 0.199 e. The summed E-state index contributed by atoms with van der Waals surface area (Å²) in [5.41, 5.74) is 3.49. The van der Waals surface area contributed by atoms with Gasteiger partial charge in [0.2, 0.25) is 0 Å². The fourth-order valence-electron chi connectivity index (χ4n) is 1.43. The van der Waals surface area contributed by atoms with Gasteiger partial charge in [0.05, 0.1) is 4.90 Å². The Morgan fingerprint density at radius 3 is 2.88 bits per heavy atom. The molecule has 0 aliphatic heterocycles. The quantitative estimate of drug-likeness (QED) is 0.740. The van der Waals surface area contributed by atoms with Crippen LogP contribution in [-0.2, 0) is 0 Å². The molecule has 4 heteroatoms. The normalized spacial score (nSPS) is 12.4. The first-order chi connectivity index (χ1) is 7.61. The van der Waals surface area contributed by atoms with Crippen LogP contribution >= 0.6 is 11.8 Å². The first-order valence-corrected chi connectivity index (χ1v) is 5.98. The van der Waals surface area contributed by atoms with Crippen LogP contribution in [0.25, 0.3) is 11.1 Å². The third-order valence-corrected chi connectivity index (χ3v) is 3.44. The molecule has 0 saturated carbocycles. The summed E-state index contributed by atoms with van der Waals surface area (Å²) >= 11 is 1.69. The minimum atomic E-state index is 0.786. The molecule has 0 amide bonds. The van der Waals surface area contributed by atoms with Crippen molar-refractivity contribution in [1.29, 1.82) is 0 Å². The molecule has 84 valence electrons. The molecule has 2 aromatic heterocycles. The number of nitrogens with zero attached hydrogens (tertiary/aromatic N) is 2. The van der Waals surface area contributed by atoms with E-state index >= 15 is 0 Å². The summed E-state index contributed by atoms with van der Waals surface area (Å²) in [6.45, 7) is 8.00. The van der Waals surface area contributed by atoms with Crippen LogP contribution in [0.5, 0.6) is 0 Å². The number of thioether (sulfide) groups is 1. The van der Waals surface area contributed by atoms with Gasteiger partial charge in [-0.1, -0.05) is 23.0 Å². The summed E-state index contributed by atoms with van der Waals surface area (Å²) in [6.07, 6.45) is 2.08. The molecular formula is C12H14N2OS. The monoisotopic (exact) mass is 234 g/mol. The van der Waals surface area contributed by atoms with E-state index in [9.17, 15) is 0 Å². The number of aromatic nitrogens is 2. The Morgan fingerprint density at radius 2 is 2.19 bits per heavy atom. The van der Waals surface area contributed by atoms with Gasteiger partial charge in [0.25, 0.3) is 0 Å². The van der Waals surface area contributed by atoms with Crippen molar-refractivity contribution in [3.63, 3.8) is 0 Å². The Bertz CT molecular complexity index is 557. The summed E-state index contributed by atoms with van der Waals surface area (Å²) in [6, 6.07) is 2.03. The Labute approximate surface area is 98.9 Å². The maximum absolute atomic E-state index is 5.32. The molecule has 0 radical (unpaired) electrons. The summed E-state index contributed by atoms with van der Waals surface area (Å²) in [5.74, 6) is 0. The predicted molar refractivity (Wildman–Crippen MR) is 66.6 cm³/mol. The van der Waals surface area contributed by atoms with Crippen LogP contribution in [-0.4, -0.2) is 10.1 Å². The molecule has 2 heterocycles. The minimum absolute atomic E-state index is 0.786. The van der Waals surface area contributed by atoms with E-state index in [-0.39, 0.29) is 0 Å². The van der Waals surface area contributed by atoms with E-state index < -0.39 is 0 Å². The van der Waals surface area contributed by atoms with Crippen LogP contribution in [0.15, 0.2) is 26.5 Å². The van der Waals surface area contributed by atoms with Gasteiger partial charge >= 0.3 is 0 Å². The molecule has 0 atom stereocenters. The molecule has 2 aromatic rings. The average Bonchev–Trinajstić information content (AvgIpc) is 2.60. The van der Waals surface area contributed by atoms with Crippen LogP contribution in [0.2, 0.25) is 0 Å². The standard InChI is InChI=1S/C12H14N2OS/c1-5-8(3)16-10-6-7(2)13-11-9(4)14-15-12(10)11/h5-6H,1-4H3/b8-5+. The lowest BCUT2D eigenvalue weighted by molar-refractivity contribution is 0.446. The summed E-state index contributed by atoms with van der Waals surface area (Å²) in [4.78, 5) is 6.76. The van der Waals surface area contributed by atoms with E-state index in [0.29, 0.717) is 0 Å². The van der Waals surface area contributed by atoms with Crippen molar-refractivity contribution < 1.29 is 4.52 Å². The van der Waals surface area contributed by atoms with Crippen molar-refractivity contribution in [2.45, 2.75) is 32.6 Å². The third-order valence-electron chi connectivity index (χ3n) is 2.36. The lowest BCUT2D eigenvalue weighted by atomic mass is 10.3. The second-order valence-electron chi connectivity index (χ2n) is 3.71. The van der Waals surface area contributed by atoms with E-state index in [1.807, 2.05) is 26.8 Å². The number of hydrogen-bond donors (Lipinski definition) is 0. The van der Waals surface area contributed by atoms with Crippen molar-refractivity contribution in [2.75, 3.05) is 0 Å². The Morgan fingerprint density at radius 1 is 1.44 bits per heavy atom. The molecule has 0 fully saturated rings. The minimum Gasteiger partial charge on any atom is -0.353 e. The Kier molecular flexibility index (Phi) is 3.01. The second-order valence-corrected chi connectivity index (χ2v) is 5.00. The van der Waals surface area contributed by atoms with E-state index in [1.54, 1.807) is 11.8 Å². The highest BCUT2D eigenvalue weighted by Gasteiger charge is 2.12. The van der Waals surface area contributed by atoms with Crippen LogP contribution in [0.4, 0.5) is 0 Å². The predicted octanol–water partition coefficient (Wildman–Crippen LogP) is 3.86. The number of fused-ring (bicyclic) bond motifs is 1. The third kappa shape index (κ3) is 1.97. The number of rotatable bonds is 2. The van der Waals surface area contributed by atoms with Gasteiger partial charge in [0.1, 0.15) is 11.2 Å². The Hall–Kier alpha value is -1.29. The fourth-order valence-corrected chi connectivity index (χ4v) is 2.35. The number of allylic oxidation sites excluding steroid dienone is 2. The summed E-state index contributed by atoms with van der Waals surface area (Å²) < 4.78 is 5.32. The highest BCUT2D eigenvalue weighted by Crippen LogP contribution is 2.33. The smallest absolute Gasteiger partial charge is 0.199 e. The highest BCUT2D eigenvalue weighted by molar-refractivity contribution is 8.03. The van der Waals surface area contributed by atoms with E-state index in [1.165, 1.54) is 4.91 Å². The van der Waals surface area contributed by atoms with Gasteiger partial charge in [-0.15, -0.1) is 0 Å². The lowest BCUT2D eigenvalue weighted by Crippen LogP contribution is -1.85. The molecule has 3 nitrogen and oxygen atoms in total. The fraction of sp³-hybridized carbons (Fsp3) is 0.333. The zero-order chi connectivity index (χ0) is 11.7. The van der Waals surface area contributed by atoms with E-state index in [2.05, 4.69) is 23.1 Å². The van der Waals surface area contributed by atoms with Crippen LogP contribution in [0, 0.1) is 13.8 Å². The SMILES string of the molecule is C/C=C(\C)Sc1cc(C)nc2c(C)noc12. The van der Waals surface area contributed by atoms with Crippen LogP contribution in [0.1, 0.15) is 25.2 Å². The topological polar surface area (TPSA) is 38.9 Å². The first-order valence-electron chi connectivity index (χ1n) is 5.16. The van der Waals surface area contributed by atoms with Crippen LogP contribution < -0.4 is 0 Å².